The van der Waals surface area contributed by atoms with Crippen LogP contribution in [0.5, 0.6) is 5.75 Å². The van der Waals surface area contributed by atoms with E-state index in [1.165, 1.54) is 5.56 Å². The van der Waals surface area contributed by atoms with Crippen molar-refractivity contribution in [3.63, 3.8) is 0 Å². The monoisotopic (exact) mass is 233 g/mol. The maximum absolute atomic E-state index is 5.58. The van der Waals surface area contributed by atoms with E-state index in [2.05, 4.69) is 29.3 Å². The molecule has 18 heavy (non-hydrogen) atoms. The van der Waals surface area contributed by atoms with Crippen molar-refractivity contribution >= 4 is 11.9 Å². The van der Waals surface area contributed by atoms with Gasteiger partial charge in [0.15, 0.2) is 0 Å². The third-order valence-corrected chi connectivity index (χ3v) is 3.62. The minimum atomic E-state index is -0.258. The molecule has 0 N–H and O–H groups in total. The highest BCUT2D eigenvalue weighted by molar-refractivity contribution is 5.92. The molecule has 2 aromatic carbocycles. The van der Waals surface area contributed by atoms with E-state index < -0.39 is 0 Å². The Balaban J connectivity index is 2.04. The summed E-state index contributed by atoms with van der Waals surface area (Å²) in [7, 11) is 0. The molecule has 2 nitrogen and oxygen atoms in total. The Morgan fingerprint density at radius 1 is 0.889 bits per heavy atom. The molecular formula is C16H11NO. The third kappa shape index (κ3) is 1.10. The van der Waals surface area contributed by atoms with Crippen molar-refractivity contribution in [2.24, 2.45) is 4.99 Å². The molecule has 2 heterocycles. The molecule has 1 spiro atoms. The lowest BCUT2D eigenvalue weighted by atomic mass is 9.75. The van der Waals surface area contributed by atoms with Crippen molar-refractivity contribution in [1.29, 1.82) is 0 Å². The summed E-state index contributed by atoms with van der Waals surface area (Å²) < 4.78 is 5.58. The van der Waals surface area contributed by atoms with Gasteiger partial charge >= 0.3 is 0 Å². The van der Waals surface area contributed by atoms with Crippen LogP contribution in [-0.2, 0) is 5.41 Å². The molecular weight excluding hydrogens is 222 g/mol. The first kappa shape index (κ1) is 9.66. The van der Waals surface area contributed by atoms with E-state index in [9.17, 15) is 0 Å². The van der Waals surface area contributed by atoms with Crippen molar-refractivity contribution in [1.82, 2.24) is 0 Å². The molecule has 0 radical (unpaired) electrons. The second kappa shape index (κ2) is 3.33. The van der Waals surface area contributed by atoms with Crippen LogP contribution in [0.25, 0.3) is 0 Å². The van der Waals surface area contributed by atoms with Crippen LogP contribution in [0.3, 0.4) is 0 Å². The van der Waals surface area contributed by atoms with Gasteiger partial charge in [0.05, 0.1) is 17.4 Å². The van der Waals surface area contributed by atoms with E-state index in [-0.39, 0.29) is 5.41 Å². The number of rotatable bonds is 0. The fourth-order valence-electron chi connectivity index (χ4n) is 2.74. The Morgan fingerprint density at radius 2 is 1.67 bits per heavy atom. The van der Waals surface area contributed by atoms with E-state index in [0.717, 1.165) is 17.0 Å². The largest absolute Gasteiger partial charge is 0.465 e. The molecule has 0 saturated heterocycles. The number of nitrogens with zero attached hydrogens (tertiary/aromatic N) is 1. The van der Waals surface area contributed by atoms with Gasteiger partial charge in [0.1, 0.15) is 5.75 Å². The Labute approximate surface area is 105 Å². The summed E-state index contributed by atoms with van der Waals surface area (Å²) in [6, 6.07) is 16.4. The molecule has 0 fully saturated rings. The van der Waals surface area contributed by atoms with Gasteiger partial charge in [-0.1, -0.05) is 36.4 Å². The van der Waals surface area contributed by atoms with E-state index in [1.54, 1.807) is 6.26 Å². The van der Waals surface area contributed by atoms with Crippen LogP contribution in [0.1, 0.15) is 11.1 Å². The summed E-state index contributed by atoms with van der Waals surface area (Å²) in [6.45, 7) is 0. The van der Waals surface area contributed by atoms with Crippen LogP contribution >= 0.6 is 0 Å². The standard InChI is InChI=1S/C16H11NO/c1-3-7-14-12(5-1)16(11-17-14)9-10-18-15-8-4-2-6-13(15)16/h1-11H. The molecule has 0 aromatic heterocycles. The molecule has 2 aliphatic rings. The second-order valence-corrected chi connectivity index (χ2v) is 4.56. The number of aliphatic imine (C=N–C) groups is 1. The van der Waals surface area contributed by atoms with Crippen LogP contribution in [0.4, 0.5) is 5.69 Å². The lowest BCUT2D eigenvalue weighted by molar-refractivity contribution is 0.452. The molecule has 2 heteroatoms. The molecule has 0 saturated carbocycles. The van der Waals surface area contributed by atoms with E-state index in [0.29, 0.717) is 0 Å². The Morgan fingerprint density at radius 3 is 2.61 bits per heavy atom. The number of benzene rings is 2. The highest BCUT2D eigenvalue weighted by Crippen LogP contribution is 2.47. The second-order valence-electron chi connectivity index (χ2n) is 4.56. The van der Waals surface area contributed by atoms with Crippen molar-refractivity contribution in [3.8, 4) is 5.75 Å². The summed E-state index contributed by atoms with van der Waals surface area (Å²) in [5.74, 6) is 0.906. The first-order valence-corrected chi connectivity index (χ1v) is 5.99. The molecule has 1 atom stereocenters. The summed E-state index contributed by atoms with van der Waals surface area (Å²) in [5, 5.41) is 0. The SMILES string of the molecule is C1=CC2(C=Nc3ccccc32)c2ccccc2O1. The van der Waals surface area contributed by atoms with Gasteiger partial charge in [0.25, 0.3) is 0 Å². The molecule has 4 rings (SSSR count). The summed E-state index contributed by atoms with van der Waals surface area (Å²) in [6.07, 6.45) is 5.84. The number of fused-ring (bicyclic) bond motifs is 4. The van der Waals surface area contributed by atoms with Crippen LogP contribution in [0.15, 0.2) is 65.9 Å². The number of ether oxygens (including phenoxy) is 1. The minimum absolute atomic E-state index is 0.258. The molecule has 0 aliphatic carbocycles. The third-order valence-electron chi connectivity index (χ3n) is 3.62. The summed E-state index contributed by atoms with van der Waals surface area (Å²) in [4.78, 5) is 4.54. The van der Waals surface area contributed by atoms with Crippen molar-refractivity contribution in [3.05, 3.63) is 72.0 Å². The van der Waals surface area contributed by atoms with E-state index in [4.69, 9.17) is 4.74 Å². The van der Waals surface area contributed by atoms with Crippen LogP contribution in [0.2, 0.25) is 0 Å². The minimum Gasteiger partial charge on any atom is -0.465 e. The predicted octanol–water partition coefficient (Wildman–Crippen LogP) is 3.59. The topological polar surface area (TPSA) is 21.6 Å². The molecule has 0 bridgehead atoms. The van der Waals surface area contributed by atoms with Crippen LogP contribution in [0, 0.1) is 0 Å². The quantitative estimate of drug-likeness (QED) is 0.681. The smallest absolute Gasteiger partial charge is 0.131 e. The maximum atomic E-state index is 5.58. The van der Waals surface area contributed by atoms with Gasteiger partial charge in [-0.2, -0.15) is 0 Å². The van der Waals surface area contributed by atoms with Crippen molar-refractivity contribution in [2.45, 2.75) is 5.41 Å². The van der Waals surface area contributed by atoms with Gasteiger partial charge in [-0.15, -0.1) is 0 Å². The Kier molecular flexibility index (Phi) is 1.78. The van der Waals surface area contributed by atoms with Crippen molar-refractivity contribution < 1.29 is 4.74 Å². The van der Waals surface area contributed by atoms with Crippen molar-refractivity contribution in [2.75, 3.05) is 0 Å². The molecule has 86 valence electrons. The lowest BCUT2D eigenvalue weighted by Crippen LogP contribution is -2.27. The predicted molar refractivity (Wildman–Crippen MR) is 71.6 cm³/mol. The van der Waals surface area contributed by atoms with Crippen LogP contribution in [-0.4, -0.2) is 6.21 Å². The zero-order chi connectivity index (χ0) is 12.0. The average molecular weight is 233 g/mol. The number of para-hydroxylation sites is 2. The zero-order valence-corrected chi connectivity index (χ0v) is 9.71. The number of hydrogen-bond acceptors (Lipinski definition) is 2. The average Bonchev–Trinajstić information content (AvgIpc) is 2.80. The molecule has 2 aromatic rings. The fourth-order valence-corrected chi connectivity index (χ4v) is 2.74. The van der Waals surface area contributed by atoms with E-state index >= 15 is 0 Å². The fraction of sp³-hybridized carbons (Fsp3) is 0.0625. The first-order valence-electron chi connectivity index (χ1n) is 5.99. The van der Waals surface area contributed by atoms with Gasteiger partial charge in [-0.3, -0.25) is 4.99 Å². The van der Waals surface area contributed by atoms with Gasteiger partial charge in [-0.25, -0.2) is 0 Å². The van der Waals surface area contributed by atoms with Crippen LogP contribution < -0.4 is 4.74 Å². The molecule has 2 aliphatic heterocycles. The molecule has 0 amide bonds. The van der Waals surface area contributed by atoms with Gasteiger partial charge < -0.3 is 4.74 Å². The van der Waals surface area contributed by atoms with Gasteiger partial charge in [0, 0.05) is 11.8 Å². The molecule has 1 unspecified atom stereocenters. The number of allylic oxidation sites excluding steroid dienone is 1. The highest BCUT2D eigenvalue weighted by Gasteiger charge is 2.39. The van der Waals surface area contributed by atoms with Gasteiger partial charge in [-0.05, 0) is 23.8 Å². The first-order chi connectivity index (χ1) is 8.90. The van der Waals surface area contributed by atoms with E-state index in [1.807, 2.05) is 36.5 Å². The summed E-state index contributed by atoms with van der Waals surface area (Å²) in [5.41, 5.74) is 3.16. The Hall–Kier alpha value is -2.35. The highest BCUT2D eigenvalue weighted by atomic mass is 16.5. The number of hydrogen-bond donors (Lipinski definition) is 0. The maximum Gasteiger partial charge on any atom is 0.131 e. The zero-order valence-electron chi connectivity index (χ0n) is 9.71. The Bertz CT molecular complexity index is 687. The van der Waals surface area contributed by atoms with Gasteiger partial charge in [0.2, 0.25) is 0 Å². The lowest BCUT2D eigenvalue weighted by Gasteiger charge is -2.29. The summed E-state index contributed by atoms with van der Waals surface area (Å²) >= 11 is 0. The normalized spacial score (nSPS) is 22.7.